The van der Waals surface area contributed by atoms with E-state index in [1.807, 2.05) is 49.4 Å². The summed E-state index contributed by atoms with van der Waals surface area (Å²) in [5.41, 5.74) is 2.36. The molecule has 2 N–H and O–H groups in total. The van der Waals surface area contributed by atoms with Crippen LogP contribution >= 0.6 is 0 Å². The minimum Gasteiger partial charge on any atom is -0.497 e. The Bertz CT molecular complexity index is 957. The third-order valence-electron chi connectivity index (χ3n) is 4.13. The Morgan fingerprint density at radius 2 is 1.69 bits per heavy atom. The molecule has 0 atom stereocenters. The highest BCUT2D eigenvalue weighted by Crippen LogP contribution is 2.18. The van der Waals surface area contributed by atoms with Crippen molar-refractivity contribution in [3.8, 4) is 11.5 Å². The van der Waals surface area contributed by atoms with Crippen LogP contribution in [0.5, 0.6) is 11.5 Å². The molecule has 150 valence electrons. The third kappa shape index (κ3) is 5.93. The molecule has 3 aromatic rings. The Morgan fingerprint density at radius 1 is 1.00 bits per heavy atom. The van der Waals surface area contributed by atoms with E-state index >= 15 is 0 Å². The van der Waals surface area contributed by atoms with E-state index in [2.05, 4.69) is 20.6 Å². The van der Waals surface area contributed by atoms with Crippen molar-refractivity contribution in [2.24, 2.45) is 0 Å². The van der Waals surface area contributed by atoms with Crippen LogP contribution in [0, 0.1) is 6.92 Å². The van der Waals surface area contributed by atoms with Crippen LogP contribution in [0.4, 0.5) is 17.5 Å². The summed E-state index contributed by atoms with van der Waals surface area (Å²) in [4.78, 5) is 20.3. The zero-order chi connectivity index (χ0) is 20.6. The molecule has 0 bridgehead atoms. The molecule has 29 heavy (non-hydrogen) atoms. The Hall–Kier alpha value is -3.61. The number of carbonyl (C=O) groups is 1. The summed E-state index contributed by atoms with van der Waals surface area (Å²) in [6, 6.07) is 16.6. The number of nitrogens with one attached hydrogen (secondary N) is 2. The highest BCUT2D eigenvalue weighted by atomic mass is 16.5. The van der Waals surface area contributed by atoms with Gasteiger partial charge in [-0.3, -0.25) is 4.79 Å². The molecule has 7 nitrogen and oxygen atoms in total. The molecule has 0 fully saturated rings. The van der Waals surface area contributed by atoms with Crippen LogP contribution < -0.4 is 20.1 Å². The molecular weight excluding hydrogens is 368 g/mol. The van der Waals surface area contributed by atoms with Gasteiger partial charge in [-0.25, -0.2) is 4.98 Å². The smallest absolute Gasteiger partial charge is 0.224 e. The first-order valence-electron chi connectivity index (χ1n) is 9.28. The standard InChI is InChI=1S/C22H24N4O3/c1-15-14-21(25-18-6-4-17(5-7-18)16(2)27)26-22(24-15)23-12-13-29-20-10-8-19(28-3)9-11-20/h4-11,14H,12-13H2,1-3H3,(H2,23,24,25,26). The predicted octanol–water partition coefficient (Wildman–Crippen LogP) is 4.23. The average molecular weight is 392 g/mol. The maximum Gasteiger partial charge on any atom is 0.224 e. The van der Waals surface area contributed by atoms with E-state index in [-0.39, 0.29) is 5.78 Å². The van der Waals surface area contributed by atoms with Crippen LogP contribution in [0.1, 0.15) is 23.0 Å². The molecule has 0 saturated heterocycles. The molecule has 3 rings (SSSR count). The van der Waals surface area contributed by atoms with Gasteiger partial charge in [0.05, 0.1) is 13.7 Å². The number of carbonyl (C=O) groups excluding carboxylic acids is 1. The number of methoxy groups -OCH3 is 1. The van der Waals surface area contributed by atoms with E-state index in [0.29, 0.717) is 30.5 Å². The molecule has 2 aromatic carbocycles. The van der Waals surface area contributed by atoms with E-state index < -0.39 is 0 Å². The normalized spacial score (nSPS) is 10.3. The molecule has 0 aliphatic heterocycles. The number of ketones is 1. The second-order valence-corrected chi connectivity index (χ2v) is 6.43. The maximum atomic E-state index is 11.4. The summed E-state index contributed by atoms with van der Waals surface area (Å²) in [5.74, 6) is 2.80. The molecule has 0 unspecified atom stereocenters. The second kappa shape index (κ2) is 9.54. The van der Waals surface area contributed by atoms with Crippen LogP contribution in [0.2, 0.25) is 0 Å². The van der Waals surface area contributed by atoms with Gasteiger partial charge in [0, 0.05) is 23.0 Å². The van der Waals surface area contributed by atoms with Crippen molar-refractivity contribution < 1.29 is 14.3 Å². The van der Waals surface area contributed by atoms with Crippen molar-refractivity contribution in [3.05, 3.63) is 65.9 Å². The highest BCUT2D eigenvalue weighted by Gasteiger charge is 2.04. The first kappa shape index (κ1) is 20.1. The Labute approximate surface area is 170 Å². The fourth-order valence-corrected chi connectivity index (χ4v) is 2.65. The van der Waals surface area contributed by atoms with Crippen molar-refractivity contribution in [2.75, 3.05) is 30.9 Å². The van der Waals surface area contributed by atoms with Crippen molar-refractivity contribution in [3.63, 3.8) is 0 Å². The van der Waals surface area contributed by atoms with E-state index in [4.69, 9.17) is 9.47 Å². The van der Waals surface area contributed by atoms with Gasteiger partial charge in [-0.15, -0.1) is 0 Å². The van der Waals surface area contributed by atoms with Crippen molar-refractivity contribution >= 4 is 23.2 Å². The van der Waals surface area contributed by atoms with Crippen LogP contribution in [0.15, 0.2) is 54.6 Å². The lowest BCUT2D eigenvalue weighted by atomic mass is 10.1. The molecule has 0 radical (unpaired) electrons. The fraction of sp³-hybridized carbons (Fsp3) is 0.227. The summed E-state index contributed by atoms with van der Waals surface area (Å²) in [6.45, 7) is 4.48. The number of benzene rings is 2. The molecule has 0 saturated carbocycles. The van der Waals surface area contributed by atoms with Gasteiger partial charge >= 0.3 is 0 Å². The number of hydrogen-bond donors (Lipinski definition) is 2. The van der Waals surface area contributed by atoms with Gasteiger partial charge in [0.1, 0.15) is 23.9 Å². The quantitative estimate of drug-likeness (QED) is 0.416. The van der Waals surface area contributed by atoms with Crippen LogP contribution in [0.25, 0.3) is 0 Å². The highest BCUT2D eigenvalue weighted by molar-refractivity contribution is 5.94. The topological polar surface area (TPSA) is 85.4 Å². The number of anilines is 3. The number of rotatable bonds is 9. The van der Waals surface area contributed by atoms with Gasteiger partial charge in [0.15, 0.2) is 5.78 Å². The maximum absolute atomic E-state index is 11.4. The van der Waals surface area contributed by atoms with Gasteiger partial charge < -0.3 is 20.1 Å². The lowest BCUT2D eigenvalue weighted by Crippen LogP contribution is -2.14. The van der Waals surface area contributed by atoms with E-state index in [1.165, 1.54) is 0 Å². The molecule has 0 amide bonds. The first-order chi connectivity index (χ1) is 14.0. The summed E-state index contributed by atoms with van der Waals surface area (Å²) in [6.07, 6.45) is 0. The SMILES string of the molecule is COc1ccc(OCCNc2nc(C)cc(Nc3ccc(C(C)=O)cc3)n2)cc1. The van der Waals surface area contributed by atoms with E-state index in [1.54, 1.807) is 26.2 Å². The number of aromatic nitrogens is 2. The molecule has 7 heteroatoms. The molecular formula is C22H24N4O3. The Kier molecular flexibility index (Phi) is 6.63. The van der Waals surface area contributed by atoms with E-state index in [0.717, 1.165) is 22.9 Å². The lowest BCUT2D eigenvalue weighted by Gasteiger charge is -2.11. The Balaban J connectivity index is 1.54. The number of hydrogen-bond acceptors (Lipinski definition) is 7. The second-order valence-electron chi connectivity index (χ2n) is 6.43. The first-order valence-corrected chi connectivity index (χ1v) is 9.28. The molecule has 0 spiro atoms. The summed E-state index contributed by atoms with van der Waals surface area (Å²) < 4.78 is 10.8. The minimum atomic E-state index is 0.0396. The number of Topliss-reactive ketones (excluding diaryl/α,β-unsaturated/α-hetero) is 1. The minimum absolute atomic E-state index is 0.0396. The fourth-order valence-electron chi connectivity index (χ4n) is 2.65. The third-order valence-corrected chi connectivity index (χ3v) is 4.13. The van der Waals surface area contributed by atoms with E-state index in [9.17, 15) is 4.79 Å². The van der Waals surface area contributed by atoms with Gasteiger partial charge in [-0.1, -0.05) is 0 Å². The van der Waals surface area contributed by atoms with Gasteiger partial charge in [-0.05, 0) is 62.4 Å². The van der Waals surface area contributed by atoms with Crippen LogP contribution in [0.3, 0.4) is 0 Å². The van der Waals surface area contributed by atoms with Crippen molar-refractivity contribution in [2.45, 2.75) is 13.8 Å². The van der Waals surface area contributed by atoms with Gasteiger partial charge in [0.2, 0.25) is 5.95 Å². The van der Waals surface area contributed by atoms with Gasteiger partial charge in [0.25, 0.3) is 0 Å². The predicted molar refractivity (Wildman–Crippen MR) is 113 cm³/mol. The van der Waals surface area contributed by atoms with Gasteiger partial charge in [-0.2, -0.15) is 4.98 Å². The number of aryl methyl sites for hydroxylation is 1. The summed E-state index contributed by atoms with van der Waals surface area (Å²) in [7, 11) is 1.63. The molecule has 0 aliphatic rings. The summed E-state index contributed by atoms with van der Waals surface area (Å²) >= 11 is 0. The van der Waals surface area contributed by atoms with Crippen molar-refractivity contribution in [1.29, 1.82) is 0 Å². The Morgan fingerprint density at radius 3 is 2.34 bits per heavy atom. The monoisotopic (exact) mass is 392 g/mol. The largest absolute Gasteiger partial charge is 0.497 e. The molecule has 1 aromatic heterocycles. The summed E-state index contributed by atoms with van der Waals surface area (Å²) in [5, 5.41) is 6.40. The van der Waals surface area contributed by atoms with Crippen LogP contribution in [-0.2, 0) is 0 Å². The molecule has 1 heterocycles. The molecule has 0 aliphatic carbocycles. The average Bonchev–Trinajstić information content (AvgIpc) is 2.72. The zero-order valence-electron chi connectivity index (χ0n) is 16.7. The zero-order valence-corrected chi connectivity index (χ0v) is 16.7. The lowest BCUT2D eigenvalue weighted by molar-refractivity contribution is 0.101. The van der Waals surface area contributed by atoms with Crippen molar-refractivity contribution in [1.82, 2.24) is 9.97 Å². The van der Waals surface area contributed by atoms with Crippen LogP contribution in [-0.4, -0.2) is 36.0 Å². The number of ether oxygens (including phenoxy) is 2. The number of nitrogens with zero attached hydrogens (tertiary/aromatic N) is 2.